The number of carbonyl (C=O) groups excluding carboxylic acids is 1. The molecular weight excluding hydrogens is 472 g/mol. The molecule has 1 aliphatic heterocycles. The van der Waals surface area contributed by atoms with Gasteiger partial charge in [-0.25, -0.2) is 4.68 Å². The molecule has 1 amide bonds. The fourth-order valence-corrected chi connectivity index (χ4v) is 4.43. The summed E-state index contributed by atoms with van der Waals surface area (Å²) in [6, 6.07) is 15.8. The SMILES string of the molecule is CC(=O)N[C@@H]1[C@@H](O)[C@H](O)[C@@H](CO)O[C@H]1n1nc(COc2cccc(C)c2)n(-c2ccccc2)c1=S. The Kier molecular flexibility index (Phi) is 7.63. The topological polar surface area (TPSA) is 131 Å². The van der Waals surface area contributed by atoms with E-state index < -0.39 is 43.1 Å². The van der Waals surface area contributed by atoms with Crippen molar-refractivity contribution < 1.29 is 29.6 Å². The van der Waals surface area contributed by atoms with Crippen LogP contribution in [0.3, 0.4) is 0 Å². The van der Waals surface area contributed by atoms with Gasteiger partial charge in [0.25, 0.3) is 0 Å². The molecule has 4 N–H and O–H groups in total. The lowest BCUT2D eigenvalue weighted by Gasteiger charge is -2.42. The van der Waals surface area contributed by atoms with Crippen molar-refractivity contribution in [3.05, 3.63) is 70.8 Å². The van der Waals surface area contributed by atoms with Crippen LogP contribution >= 0.6 is 12.2 Å². The summed E-state index contributed by atoms with van der Waals surface area (Å²) in [6.45, 7) is 2.78. The number of para-hydroxylation sites is 1. The summed E-state index contributed by atoms with van der Waals surface area (Å²) in [5, 5.41) is 38.0. The molecule has 10 nitrogen and oxygen atoms in total. The summed E-state index contributed by atoms with van der Waals surface area (Å²) < 4.78 is 15.2. The van der Waals surface area contributed by atoms with E-state index in [1.165, 1.54) is 11.6 Å². The van der Waals surface area contributed by atoms with Crippen molar-refractivity contribution in [3.63, 3.8) is 0 Å². The number of nitrogens with one attached hydrogen (secondary N) is 1. The average molecular weight is 501 g/mol. The molecular formula is C24H28N4O6S. The molecule has 0 radical (unpaired) electrons. The number of benzene rings is 2. The summed E-state index contributed by atoms with van der Waals surface area (Å²) in [5.74, 6) is 0.678. The predicted octanol–water partition coefficient (Wildman–Crippen LogP) is 1.41. The second-order valence-electron chi connectivity index (χ2n) is 8.37. The van der Waals surface area contributed by atoms with Gasteiger partial charge in [0.2, 0.25) is 10.7 Å². The van der Waals surface area contributed by atoms with Gasteiger partial charge in [-0.3, -0.25) is 9.36 Å². The van der Waals surface area contributed by atoms with Crippen LogP contribution in [0.4, 0.5) is 0 Å². The normalized spacial score (nSPS) is 24.2. The molecule has 0 bridgehead atoms. The minimum atomic E-state index is -1.43. The number of hydrogen-bond acceptors (Lipinski definition) is 8. The lowest BCUT2D eigenvalue weighted by molar-refractivity contribution is -0.219. The van der Waals surface area contributed by atoms with Gasteiger partial charge in [0, 0.05) is 12.6 Å². The quantitative estimate of drug-likeness (QED) is 0.358. The molecule has 1 fully saturated rings. The number of ether oxygens (including phenoxy) is 2. The molecule has 2 aromatic carbocycles. The molecule has 0 spiro atoms. The fraction of sp³-hybridized carbons (Fsp3) is 0.375. The smallest absolute Gasteiger partial charge is 0.217 e. The third kappa shape index (κ3) is 5.29. The van der Waals surface area contributed by atoms with Crippen LogP contribution in [0.2, 0.25) is 0 Å². The highest BCUT2D eigenvalue weighted by molar-refractivity contribution is 7.71. The molecule has 0 unspecified atom stereocenters. The zero-order valence-corrected chi connectivity index (χ0v) is 20.1. The average Bonchev–Trinajstić information content (AvgIpc) is 3.17. The van der Waals surface area contributed by atoms with Crippen LogP contribution < -0.4 is 10.1 Å². The number of hydrogen-bond donors (Lipinski definition) is 4. The first-order chi connectivity index (χ1) is 16.8. The Balaban J connectivity index is 1.77. The van der Waals surface area contributed by atoms with Gasteiger partial charge < -0.3 is 30.1 Å². The van der Waals surface area contributed by atoms with E-state index >= 15 is 0 Å². The minimum absolute atomic E-state index is 0.0706. The van der Waals surface area contributed by atoms with Gasteiger partial charge in [0.1, 0.15) is 36.7 Å². The van der Waals surface area contributed by atoms with Gasteiger partial charge in [-0.2, -0.15) is 5.10 Å². The molecule has 35 heavy (non-hydrogen) atoms. The second-order valence-corrected chi connectivity index (χ2v) is 8.74. The molecule has 2 heterocycles. The molecule has 11 heteroatoms. The summed E-state index contributed by atoms with van der Waals surface area (Å²) in [7, 11) is 0. The van der Waals surface area contributed by atoms with Crippen molar-refractivity contribution in [3.8, 4) is 11.4 Å². The third-order valence-electron chi connectivity index (χ3n) is 5.75. The lowest BCUT2D eigenvalue weighted by Crippen LogP contribution is -2.62. The van der Waals surface area contributed by atoms with Gasteiger partial charge >= 0.3 is 0 Å². The van der Waals surface area contributed by atoms with E-state index in [1.807, 2.05) is 61.5 Å². The maximum atomic E-state index is 11.9. The summed E-state index contributed by atoms with van der Waals surface area (Å²) in [6.07, 6.45) is -5.03. The van der Waals surface area contributed by atoms with Crippen LogP contribution in [0.15, 0.2) is 54.6 Å². The third-order valence-corrected chi connectivity index (χ3v) is 6.12. The Morgan fingerprint density at radius 2 is 1.91 bits per heavy atom. The maximum absolute atomic E-state index is 11.9. The van der Waals surface area contributed by atoms with Gasteiger partial charge in [-0.05, 0) is 49.0 Å². The molecule has 1 saturated heterocycles. The van der Waals surface area contributed by atoms with E-state index in [4.69, 9.17) is 21.7 Å². The minimum Gasteiger partial charge on any atom is -0.486 e. The molecule has 186 valence electrons. The lowest BCUT2D eigenvalue weighted by atomic mass is 9.96. The van der Waals surface area contributed by atoms with E-state index in [2.05, 4.69) is 10.4 Å². The summed E-state index contributed by atoms with van der Waals surface area (Å²) >= 11 is 5.75. The van der Waals surface area contributed by atoms with Crippen molar-refractivity contribution in [1.29, 1.82) is 0 Å². The molecule has 5 atom stereocenters. The monoisotopic (exact) mass is 500 g/mol. The molecule has 3 aromatic rings. The van der Waals surface area contributed by atoms with Crippen LogP contribution in [-0.2, 0) is 16.1 Å². The summed E-state index contributed by atoms with van der Waals surface area (Å²) in [5.41, 5.74) is 1.78. The van der Waals surface area contributed by atoms with Crippen molar-refractivity contribution in [2.24, 2.45) is 0 Å². The van der Waals surface area contributed by atoms with Crippen LogP contribution in [-0.4, -0.2) is 66.5 Å². The number of amides is 1. The zero-order valence-electron chi connectivity index (χ0n) is 19.3. The van der Waals surface area contributed by atoms with Crippen molar-refractivity contribution in [2.45, 2.75) is 51.0 Å². The first-order valence-corrected chi connectivity index (χ1v) is 11.6. The van der Waals surface area contributed by atoms with Crippen LogP contribution in [0.1, 0.15) is 24.5 Å². The predicted molar refractivity (Wildman–Crippen MR) is 129 cm³/mol. The van der Waals surface area contributed by atoms with E-state index in [0.29, 0.717) is 11.6 Å². The second kappa shape index (κ2) is 10.7. The number of nitrogens with zero attached hydrogens (tertiary/aromatic N) is 3. The van der Waals surface area contributed by atoms with Crippen LogP contribution in [0, 0.1) is 11.7 Å². The highest BCUT2D eigenvalue weighted by atomic mass is 32.1. The van der Waals surface area contributed by atoms with E-state index in [9.17, 15) is 20.1 Å². The Morgan fingerprint density at radius 3 is 2.57 bits per heavy atom. The van der Waals surface area contributed by atoms with Crippen molar-refractivity contribution in [1.82, 2.24) is 19.7 Å². The Morgan fingerprint density at radius 1 is 1.17 bits per heavy atom. The molecule has 0 aliphatic carbocycles. The Bertz CT molecular complexity index is 1230. The number of aliphatic hydroxyl groups excluding tert-OH is 3. The van der Waals surface area contributed by atoms with Gasteiger partial charge in [-0.15, -0.1) is 0 Å². The number of aromatic nitrogens is 3. The van der Waals surface area contributed by atoms with Gasteiger partial charge in [-0.1, -0.05) is 30.3 Å². The standard InChI is InChI=1S/C24H28N4O6S/c1-14-7-6-10-17(11-14)33-13-19-26-28(24(35)27(19)16-8-4-3-5-9-16)23-20(25-15(2)30)22(32)21(31)18(12-29)34-23/h3-11,18,20-23,29,31-32H,12-13H2,1-2H3,(H,25,30)/t18-,20-,21-,22-,23-/m1/s1. The highest BCUT2D eigenvalue weighted by Gasteiger charge is 2.46. The molecule has 4 rings (SSSR count). The van der Waals surface area contributed by atoms with Crippen molar-refractivity contribution >= 4 is 18.1 Å². The molecule has 0 saturated carbocycles. The fourth-order valence-electron chi connectivity index (χ4n) is 4.07. The maximum Gasteiger partial charge on any atom is 0.217 e. The van der Waals surface area contributed by atoms with E-state index in [0.717, 1.165) is 11.3 Å². The van der Waals surface area contributed by atoms with E-state index in [1.54, 1.807) is 4.57 Å². The molecule has 1 aromatic heterocycles. The molecule has 1 aliphatic rings. The zero-order chi connectivity index (χ0) is 25.1. The first kappa shape index (κ1) is 25.0. The van der Waals surface area contributed by atoms with Gasteiger partial charge in [0.05, 0.1) is 6.61 Å². The van der Waals surface area contributed by atoms with Gasteiger partial charge in [0.15, 0.2) is 12.1 Å². The Hall–Kier alpha value is -3.09. The van der Waals surface area contributed by atoms with E-state index in [-0.39, 0.29) is 11.4 Å². The Labute approximate surface area is 207 Å². The first-order valence-electron chi connectivity index (χ1n) is 11.1. The number of aliphatic hydroxyl groups is 3. The van der Waals surface area contributed by atoms with Crippen LogP contribution in [0.25, 0.3) is 5.69 Å². The highest BCUT2D eigenvalue weighted by Crippen LogP contribution is 2.29. The number of aryl methyl sites for hydroxylation is 1. The van der Waals surface area contributed by atoms with Crippen LogP contribution in [0.5, 0.6) is 5.75 Å². The number of rotatable bonds is 7. The number of carbonyl (C=O) groups is 1. The largest absolute Gasteiger partial charge is 0.486 e. The van der Waals surface area contributed by atoms with Crippen molar-refractivity contribution in [2.75, 3.05) is 6.61 Å². The summed E-state index contributed by atoms with van der Waals surface area (Å²) in [4.78, 5) is 11.9.